The molecule has 0 amide bonds. The average molecular weight is 426 g/mol. The summed E-state index contributed by atoms with van der Waals surface area (Å²) >= 11 is 0. The monoisotopic (exact) mass is 426 g/mol. The number of benzene rings is 2. The highest BCUT2D eigenvalue weighted by Gasteiger charge is 2.47. The fourth-order valence-corrected chi connectivity index (χ4v) is 4.58. The molecule has 0 saturated carbocycles. The predicted octanol–water partition coefficient (Wildman–Crippen LogP) is 4.65. The first kappa shape index (κ1) is 20.9. The lowest BCUT2D eigenvalue weighted by molar-refractivity contribution is -0.182. The van der Waals surface area contributed by atoms with Crippen molar-refractivity contribution in [1.29, 1.82) is 5.26 Å². The van der Waals surface area contributed by atoms with Gasteiger partial charge in [0.05, 0.1) is 35.2 Å². The van der Waals surface area contributed by atoms with Gasteiger partial charge in [-0.25, -0.2) is 4.68 Å². The van der Waals surface area contributed by atoms with E-state index >= 15 is 0 Å². The van der Waals surface area contributed by atoms with Crippen LogP contribution in [0.3, 0.4) is 0 Å². The number of aryl methyl sites for hydroxylation is 1. The van der Waals surface area contributed by atoms with E-state index < -0.39 is 18.1 Å². The number of fused-ring (bicyclic) bond motifs is 2. The van der Waals surface area contributed by atoms with Crippen LogP contribution in [0.25, 0.3) is 10.8 Å². The number of aromatic nitrogens is 2. The van der Waals surface area contributed by atoms with Gasteiger partial charge in [-0.2, -0.15) is 23.5 Å². The minimum atomic E-state index is -4.39. The largest absolute Gasteiger partial charge is 0.394 e. The summed E-state index contributed by atoms with van der Waals surface area (Å²) < 4.78 is 43.2. The molecule has 0 saturated heterocycles. The molecule has 1 aliphatic carbocycles. The summed E-state index contributed by atoms with van der Waals surface area (Å²) in [6.45, 7) is 1.90. The average Bonchev–Trinajstić information content (AvgIpc) is 2.75. The Morgan fingerprint density at radius 2 is 2.03 bits per heavy atom. The summed E-state index contributed by atoms with van der Waals surface area (Å²) in [6.07, 6.45) is -2.13. The molecule has 8 heteroatoms. The molecule has 3 aromatic rings. The van der Waals surface area contributed by atoms with Crippen LogP contribution >= 0.6 is 0 Å². The highest BCUT2D eigenvalue weighted by Crippen LogP contribution is 2.47. The Balaban J connectivity index is 1.88. The maximum absolute atomic E-state index is 14.0. The number of nitriles is 1. The van der Waals surface area contributed by atoms with Crippen molar-refractivity contribution in [2.75, 3.05) is 5.32 Å². The minimum Gasteiger partial charge on any atom is -0.377 e. The molecule has 1 N–H and O–H groups in total. The predicted molar refractivity (Wildman–Crippen MR) is 112 cm³/mol. The van der Waals surface area contributed by atoms with Crippen LogP contribution in [0, 0.1) is 17.2 Å². The molecule has 1 heterocycles. The van der Waals surface area contributed by atoms with Crippen LogP contribution in [0.2, 0.25) is 0 Å². The van der Waals surface area contributed by atoms with Crippen molar-refractivity contribution in [3.05, 3.63) is 69.1 Å². The number of rotatable bonds is 3. The molecule has 31 heavy (non-hydrogen) atoms. The lowest BCUT2D eigenvalue weighted by atomic mass is 9.76. The molecule has 0 aliphatic heterocycles. The van der Waals surface area contributed by atoms with Crippen LogP contribution < -0.4 is 10.9 Å². The van der Waals surface area contributed by atoms with Gasteiger partial charge in [-0.05, 0) is 54.2 Å². The van der Waals surface area contributed by atoms with Crippen LogP contribution in [-0.4, -0.2) is 16.0 Å². The number of anilines is 1. The van der Waals surface area contributed by atoms with E-state index in [1.807, 2.05) is 6.92 Å². The van der Waals surface area contributed by atoms with Gasteiger partial charge in [0, 0.05) is 18.1 Å². The maximum atomic E-state index is 14.0. The zero-order chi connectivity index (χ0) is 22.3. The Bertz CT molecular complexity index is 1260. The molecule has 160 valence electrons. The number of hydrogen-bond donors (Lipinski definition) is 1. The van der Waals surface area contributed by atoms with Crippen LogP contribution in [0.5, 0.6) is 0 Å². The lowest BCUT2D eigenvalue weighted by Gasteiger charge is -2.37. The first-order valence-electron chi connectivity index (χ1n) is 10.1. The Labute approximate surface area is 177 Å². The Morgan fingerprint density at radius 3 is 2.71 bits per heavy atom. The molecule has 1 aliphatic rings. The van der Waals surface area contributed by atoms with Gasteiger partial charge in [-0.1, -0.05) is 19.1 Å². The summed E-state index contributed by atoms with van der Waals surface area (Å²) in [5, 5.41) is 17.4. The van der Waals surface area contributed by atoms with Gasteiger partial charge in [0.25, 0.3) is 5.56 Å². The van der Waals surface area contributed by atoms with Gasteiger partial charge in [-0.15, -0.1) is 0 Å². The van der Waals surface area contributed by atoms with Gasteiger partial charge >= 0.3 is 6.18 Å². The quantitative estimate of drug-likeness (QED) is 0.662. The van der Waals surface area contributed by atoms with Crippen molar-refractivity contribution in [3.63, 3.8) is 0 Å². The van der Waals surface area contributed by atoms with E-state index in [1.54, 1.807) is 30.3 Å². The van der Waals surface area contributed by atoms with Gasteiger partial charge in [0.1, 0.15) is 0 Å². The lowest BCUT2D eigenvalue weighted by Crippen LogP contribution is -2.37. The molecule has 1 aromatic heterocycles. The van der Waals surface area contributed by atoms with Crippen LogP contribution in [0.1, 0.15) is 41.6 Å². The van der Waals surface area contributed by atoms with E-state index in [4.69, 9.17) is 0 Å². The SMILES string of the molecule is CCc1c(C#N)ccc2c1CCC(C(F)(F)F)C2Nc1cccc2c(=O)n(C)ncc12. The first-order valence-corrected chi connectivity index (χ1v) is 10.1. The number of halogens is 3. The summed E-state index contributed by atoms with van der Waals surface area (Å²) in [6, 6.07) is 9.30. The van der Waals surface area contributed by atoms with Crippen molar-refractivity contribution in [2.45, 2.75) is 38.4 Å². The molecular formula is C23H21F3N4O. The van der Waals surface area contributed by atoms with E-state index in [-0.39, 0.29) is 18.4 Å². The Hall–Kier alpha value is -3.34. The van der Waals surface area contributed by atoms with Crippen molar-refractivity contribution in [2.24, 2.45) is 13.0 Å². The van der Waals surface area contributed by atoms with Crippen molar-refractivity contribution in [1.82, 2.24) is 9.78 Å². The van der Waals surface area contributed by atoms with Crippen LogP contribution in [0.4, 0.5) is 18.9 Å². The van der Waals surface area contributed by atoms with Crippen LogP contribution in [-0.2, 0) is 19.9 Å². The second-order valence-corrected chi connectivity index (χ2v) is 7.77. The van der Waals surface area contributed by atoms with E-state index in [0.29, 0.717) is 34.0 Å². The van der Waals surface area contributed by atoms with E-state index in [9.17, 15) is 23.2 Å². The zero-order valence-electron chi connectivity index (χ0n) is 17.1. The highest BCUT2D eigenvalue weighted by atomic mass is 19.4. The Kier molecular flexibility index (Phi) is 5.21. The number of nitrogens with zero attached hydrogens (tertiary/aromatic N) is 3. The molecule has 2 unspecified atom stereocenters. The second kappa shape index (κ2) is 7.73. The van der Waals surface area contributed by atoms with Crippen LogP contribution in [0.15, 0.2) is 41.3 Å². The van der Waals surface area contributed by atoms with E-state index in [1.165, 1.54) is 17.9 Å². The van der Waals surface area contributed by atoms with Gasteiger partial charge in [-0.3, -0.25) is 4.79 Å². The molecule has 0 fully saturated rings. The standard InChI is InChI=1S/C23H21F3N4O/c1-3-14-13(11-27)7-8-16-15(14)9-10-19(23(24,25)26)21(16)29-20-6-4-5-17-18(20)12-28-30(2)22(17)31/h4-8,12,19,21,29H,3,9-10H2,1-2H3. The first-order chi connectivity index (χ1) is 14.8. The maximum Gasteiger partial charge on any atom is 0.394 e. The highest BCUT2D eigenvalue weighted by molar-refractivity contribution is 5.92. The van der Waals surface area contributed by atoms with Gasteiger partial charge in [0.15, 0.2) is 0 Å². The van der Waals surface area contributed by atoms with E-state index in [2.05, 4.69) is 16.5 Å². The van der Waals surface area contributed by atoms with Gasteiger partial charge in [0.2, 0.25) is 0 Å². The Morgan fingerprint density at radius 1 is 1.26 bits per heavy atom. The van der Waals surface area contributed by atoms with Crippen molar-refractivity contribution >= 4 is 16.5 Å². The molecule has 2 aromatic carbocycles. The third-order valence-corrected chi connectivity index (χ3v) is 6.11. The summed E-state index contributed by atoms with van der Waals surface area (Å²) in [7, 11) is 1.53. The molecule has 4 rings (SSSR count). The zero-order valence-corrected chi connectivity index (χ0v) is 17.1. The van der Waals surface area contributed by atoms with Crippen molar-refractivity contribution < 1.29 is 13.2 Å². The molecule has 0 spiro atoms. The molecular weight excluding hydrogens is 405 g/mol. The second-order valence-electron chi connectivity index (χ2n) is 7.77. The van der Waals surface area contributed by atoms with E-state index in [0.717, 1.165) is 11.1 Å². The molecule has 0 radical (unpaired) electrons. The molecule has 5 nitrogen and oxygen atoms in total. The number of alkyl halides is 3. The smallest absolute Gasteiger partial charge is 0.377 e. The summed E-state index contributed by atoms with van der Waals surface area (Å²) in [4.78, 5) is 12.4. The molecule has 2 atom stereocenters. The third kappa shape index (κ3) is 3.54. The summed E-state index contributed by atoms with van der Waals surface area (Å²) in [5.74, 6) is -1.59. The van der Waals surface area contributed by atoms with Crippen molar-refractivity contribution in [3.8, 4) is 6.07 Å². The minimum absolute atomic E-state index is 0.0686. The fraction of sp³-hybridized carbons (Fsp3) is 0.348. The number of hydrogen-bond acceptors (Lipinski definition) is 4. The third-order valence-electron chi connectivity index (χ3n) is 6.11. The normalized spacial score (nSPS) is 18.5. The fourth-order valence-electron chi connectivity index (χ4n) is 4.58. The molecule has 0 bridgehead atoms. The summed E-state index contributed by atoms with van der Waals surface area (Å²) in [5.41, 5.74) is 2.79. The van der Waals surface area contributed by atoms with Gasteiger partial charge < -0.3 is 5.32 Å². The number of nitrogens with one attached hydrogen (secondary N) is 1. The topological polar surface area (TPSA) is 70.7 Å².